The summed E-state index contributed by atoms with van der Waals surface area (Å²) < 4.78 is 25.8. The summed E-state index contributed by atoms with van der Waals surface area (Å²) in [6, 6.07) is 7.05. The van der Waals surface area contributed by atoms with Gasteiger partial charge in [0.15, 0.2) is 0 Å². The molecule has 116 valence electrons. The summed E-state index contributed by atoms with van der Waals surface area (Å²) >= 11 is 0. The van der Waals surface area contributed by atoms with Crippen molar-refractivity contribution in [3.63, 3.8) is 0 Å². The number of nitrogens with zero attached hydrogens (tertiary/aromatic N) is 1. The van der Waals surface area contributed by atoms with Gasteiger partial charge in [0.05, 0.1) is 5.69 Å². The Bertz CT molecular complexity index is 609. The van der Waals surface area contributed by atoms with Gasteiger partial charge in [-0.2, -0.15) is 0 Å². The molecule has 21 heavy (non-hydrogen) atoms. The highest BCUT2D eigenvalue weighted by Crippen LogP contribution is 2.23. The van der Waals surface area contributed by atoms with Gasteiger partial charge in [-0.1, -0.05) is 23.8 Å². The molecule has 5 nitrogen and oxygen atoms in total. The molecule has 0 saturated heterocycles. The molecule has 1 heterocycles. The molecule has 1 aliphatic heterocycles. The third-order valence-corrected chi connectivity index (χ3v) is 5.44. The number of hydrogen-bond acceptors (Lipinski definition) is 4. The van der Waals surface area contributed by atoms with Crippen molar-refractivity contribution in [3.8, 4) is 0 Å². The van der Waals surface area contributed by atoms with Gasteiger partial charge in [0.1, 0.15) is 4.90 Å². The quantitative estimate of drug-likeness (QED) is 0.785. The normalized spacial score (nSPS) is 15.9. The highest BCUT2D eigenvalue weighted by atomic mass is 32.2. The number of para-hydroxylation sites is 1. The zero-order chi connectivity index (χ0) is 15.3. The van der Waals surface area contributed by atoms with Crippen molar-refractivity contribution in [2.45, 2.75) is 17.7 Å². The standard InChI is InChI=1S/C15H23N3O2S/c1-18(2)21(19,20)15-6-4-3-5-14(15)17-12-9-13-7-10-16-11-8-13/h3-7,16-17H,8-12H2,1-2H3. The lowest BCUT2D eigenvalue weighted by Crippen LogP contribution is -2.24. The predicted molar refractivity (Wildman–Crippen MR) is 86.0 cm³/mol. The van der Waals surface area contributed by atoms with E-state index in [1.807, 2.05) is 12.1 Å². The van der Waals surface area contributed by atoms with Crippen LogP contribution in [0, 0.1) is 0 Å². The van der Waals surface area contributed by atoms with E-state index in [2.05, 4.69) is 16.7 Å². The van der Waals surface area contributed by atoms with Gasteiger partial charge in [0, 0.05) is 27.2 Å². The Morgan fingerprint density at radius 2 is 2.05 bits per heavy atom. The number of nitrogens with one attached hydrogen (secondary N) is 2. The smallest absolute Gasteiger partial charge is 0.244 e. The Balaban J connectivity index is 2.05. The lowest BCUT2D eigenvalue weighted by atomic mass is 10.1. The summed E-state index contributed by atoms with van der Waals surface area (Å²) in [6.07, 6.45) is 4.23. The molecule has 6 heteroatoms. The highest BCUT2D eigenvalue weighted by molar-refractivity contribution is 7.89. The van der Waals surface area contributed by atoms with Crippen LogP contribution in [0.4, 0.5) is 5.69 Å². The number of hydrogen-bond donors (Lipinski definition) is 2. The van der Waals surface area contributed by atoms with E-state index in [1.54, 1.807) is 26.2 Å². The van der Waals surface area contributed by atoms with Crippen molar-refractivity contribution in [1.29, 1.82) is 0 Å². The van der Waals surface area contributed by atoms with E-state index < -0.39 is 10.0 Å². The van der Waals surface area contributed by atoms with Crippen molar-refractivity contribution in [1.82, 2.24) is 9.62 Å². The van der Waals surface area contributed by atoms with E-state index >= 15 is 0 Å². The Hall–Kier alpha value is -1.37. The molecule has 0 amide bonds. The van der Waals surface area contributed by atoms with E-state index in [0.717, 1.165) is 32.5 Å². The van der Waals surface area contributed by atoms with E-state index in [1.165, 1.54) is 9.88 Å². The van der Waals surface area contributed by atoms with Crippen LogP contribution in [0.15, 0.2) is 40.8 Å². The zero-order valence-electron chi connectivity index (χ0n) is 12.6. The van der Waals surface area contributed by atoms with Crippen molar-refractivity contribution < 1.29 is 8.42 Å². The van der Waals surface area contributed by atoms with Crippen molar-refractivity contribution in [2.24, 2.45) is 0 Å². The lowest BCUT2D eigenvalue weighted by molar-refractivity contribution is 0.521. The molecule has 0 unspecified atom stereocenters. The first-order valence-electron chi connectivity index (χ1n) is 7.16. The fourth-order valence-corrected chi connectivity index (χ4v) is 3.35. The molecule has 1 aliphatic rings. The molecule has 0 saturated carbocycles. The number of benzene rings is 1. The molecule has 0 aromatic heterocycles. The maximum atomic E-state index is 12.3. The maximum absolute atomic E-state index is 12.3. The van der Waals surface area contributed by atoms with Crippen LogP contribution in [0.1, 0.15) is 12.8 Å². The Kier molecular flexibility index (Phi) is 5.39. The fourth-order valence-electron chi connectivity index (χ4n) is 2.29. The summed E-state index contributed by atoms with van der Waals surface area (Å²) in [4.78, 5) is 0.328. The van der Waals surface area contributed by atoms with E-state index in [9.17, 15) is 8.42 Å². The van der Waals surface area contributed by atoms with Crippen LogP contribution in [-0.2, 0) is 10.0 Å². The summed E-state index contributed by atoms with van der Waals surface area (Å²) in [5, 5.41) is 6.54. The van der Waals surface area contributed by atoms with Crippen LogP contribution >= 0.6 is 0 Å². The number of rotatable bonds is 6. The second kappa shape index (κ2) is 7.06. The van der Waals surface area contributed by atoms with Gasteiger partial charge in [0.2, 0.25) is 10.0 Å². The highest BCUT2D eigenvalue weighted by Gasteiger charge is 2.20. The number of sulfonamides is 1. The SMILES string of the molecule is CN(C)S(=O)(=O)c1ccccc1NCCC1=CCNCC1. The average molecular weight is 309 g/mol. The van der Waals surface area contributed by atoms with Crippen molar-refractivity contribution >= 4 is 15.7 Å². The molecule has 2 N–H and O–H groups in total. The minimum atomic E-state index is -3.42. The minimum absolute atomic E-state index is 0.328. The fraction of sp³-hybridized carbons (Fsp3) is 0.467. The zero-order valence-corrected chi connectivity index (χ0v) is 13.4. The first kappa shape index (κ1) is 16.0. The van der Waals surface area contributed by atoms with Gasteiger partial charge in [0.25, 0.3) is 0 Å². The van der Waals surface area contributed by atoms with Crippen LogP contribution in [0.5, 0.6) is 0 Å². The molecule has 2 rings (SSSR count). The first-order valence-corrected chi connectivity index (χ1v) is 8.60. The van der Waals surface area contributed by atoms with Gasteiger partial charge in [-0.15, -0.1) is 0 Å². The summed E-state index contributed by atoms with van der Waals surface area (Å²) in [6.45, 7) is 2.70. The van der Waals surface area contributed by atoms with Crippen LogP contribution in [-0.4, -0.2) is 46.5 Å². The molecule has 1 aromatic carbocycles. The molecule has 0 radical (unpaired) electrons. The largest absolute Gasteiger partial charge is 0.384 e. The Morgan fingerprint density at radius 1 is 1.29 bits per heavy atom. The molecule has 0 aliphatic carbocycles. The third kappa shape index (κ3) is 4.06. The van der Waals surface area contributed by atoms with E-state index in [4.69, 9.17) is 0 Å². The van der Waals surface area contributed by atoms with Crippen LogP contribution in [0.2, 0.25) is 0 Å². The monoisotopic (exact) mass is 309 g/mol. The number of anilines is 1. The second-order valence-electron chi connectivity index (χ2n) is 5.28. The van der Waals surface area contributed by atoms with E-state index in [-0.39, 0.29) is 0 Å². The minimum Gasteiger partial charge on any atom is -0.384 e. The molecule has 0 bridgehead atoms. The molecule has 0 atom stereocenters. The third-order valence-electron chi connectivity index (χ3n) is 3.57. The van der Waals surface area contributed by atoms with Crippen LogP contribution < -0.4 is 10.6 Å². The van der Waals surface area contributed by atoms with E-state index in [0.29, 0.717) is 10.6 Å². The maximum Gasteiger partial charge on any atom is 0.244 e. The average Bonchev–Trinajstić information content (AvgIpc) is 2.48. The predicted octanol–water partition coefficient (Wildman–Crippen LogP) is 1.66. The lowest BCUT2D eigenvalue weighted by Gasteiger charge is -2.17. The Labute approximate surface area is 127 Å². The van der Waals surface area contributed by atoms with Crippen molar-refractivity contribution in [3.05, 3.63) is 35.9 Å². The van der Waals surface area contributed by atoms with Gasteiger partial charge >= 0.3 is 0 Å². The molecule has 0 fully saturated rings. The topological polar surface area (TPSA) is 61.4 Å². The molecule has 0 spiro atoms. The van der Waals surface area contributed by atoms with Gasteiger partial charge in [-0.25, -0.2) is 12.7 Å². The first-order chi connectivity index (χ1) is 10.0. The van der Waals surface area contributed by atoms with Gasteiger partial charge in [-0.05, 0) is 31.5 Å². The summed E-state index contributed by atoms with van der Waals surface area (Å²) in [7, 11) is -0.321. The Morgan fingerprint density at radius 3 is 2.71 bits per heavy atom. The van der Waals surface area contributed by atoms with Crippen molar-refractivity contribution in [2.75, 3.05) is 39.0 Å². The van der Waals surface area contributed by atoms with Gasteiger partial charge < -0.3 is 10.6 Å². The second-order valence-corrected chi connectivity index (χ2v) is 7.40. The summed E-state index contributed by atoms with van der Waals surface area (Å²) in [5.74, 6) is 0. The molecule has 1 aromatic rings. The molecular weight excluding hydrogens is 286 g/mol. The van der Waals surface area contributed by atoms with Crippen LogP contribution in [0.25, 0.3) is 0 Å². The van der Waals surface area contributed by atoms with Crippen LogP contribution in [0.3, 0.4) is 0 Å². The molecular formula is C15H23N3O2S. The van der Waals surface area contributed by atoms with Gasteiger partial charge in [-0.3, -0.25) is 0 Å². The summed E-state index contributed by atoms with van der Waals surface area (Å²) in [5.41, 5.74) is 2.09.